The van der Waals surface area contributed by atoms with Crippen LogP contribution >= 0.6 is 0 Å². The number of hydrogen-bond acceptors (Lipinski definition) is 4. The van der Waals surface area contributed by atoms with E-state index in [0.29, 0.717) is 0 Å². The quantitative estimate of drug-likeness (QED) is 0.718. The van der Waals surface area contributed by atoms with Crippen LogP contribution in [-0.4, -0.2) is 26.2 Å². The molecule has 1 aliphatic carbocycles. The standard InChI is InChI=1S/C23H27N3O/c1-26(2)23-20(15-24-14-16-7-9-21(27-3)10-8-16)12-19-11-17-5-4-6-18(17)13-22(19)25-23/h7-13,24H,4-6,14-15H2,1-3H3. The SMILES string of the molecule is COc1ccc(CNCc2cc3cc4c(cc3nc2N(C)C)CCC4)cc1. The summed E-state index contributed by atoms with van der Waals surface area (Å²) in [7, 11) is 5.82. The molecule has 4 rings (SSSR count). The third-order valence-corrected chi connectivity index (χ3v) is 5.31. The number of rotatable bonds is 6. The third kappa shape index (κ3) is 3.76. The fourth-order valence-electron chi connectivity index (χ4n) is 3.88. The maximum Gasteiger partial charge on any atom is 0.133 e. The summed E-state index contributed by atoms with van der Waals surface area (Å²) in [4.78, 5) is 7.08. The van der Waals surface area contributed by atoms with Gasteiger partial charge < -0.3 is 15.0 Å². The zero-order valence-electron chi connectivity index (χ0n) is 16.4. The molecule has 140 valence electrons. The van der Waals surface area contributed by atoms with E-state index in [1.165, 1.54) is 46.9 Å². The van der Waals surface area contributed by atoms with Gasteiger partial charge in [-0.1, -0.05) is 12.1 Å². The Morgan fingerprint density at radius 2 is 1.74 bits per heavy atom. The molecule has 1 N–H and O–H groups in total. The Morgan fingerprint density at radius 3 is 2.44 bits per heavy atom. The number of ether oxygens (including phenoxy) is 1. The van der Waals surface area contributed by atoms with E-state index in [-0.39, 0.29) is 0 Å². The summed E-state index contributed by atoms with van der Waals surface area (Å²) in [6, 6.07) is 15.1. The third-order valence-electron chi connectivity index (χ3n) is 5.31. The highest BCUT2D eigenvalue weighted by Gasteiger charge is 2.15. The van der Waals surface area contributed by atoms with E-state index in [4.69, 9.17) is 9.72 Å². The Balaban J connectivity index is 1.55. The maximum atomic E-state index is 5.22. The first-order valence-corrected chi connectivity index (χ1v) is 9.60. The highest BCUT2D eigenvalue weighted by Crippen LogP contribution is 2.29. The van der Waals surface area contributed by atoms with Crippen LogP contribution < -0.4 is 15.0 Å². The average Bonchev–Trinajstić information content (AvgIpc) is 3.13. The van der Waals surface area contributed by atoms with Gasteiger partial charge in [0.2, 0.25) is 0 Å². The second-order valence-electron chi connectivity index (χ2n) is 7.48. The van der Waals surface area contributed by atoms with Gasteiger partial charge in [0.05, 0.1) is 12.6 Å². The normalized spacial score (nSPS) is 13.0. The van der Waals surface area contributed by atoms with Gasteiger partial charge in [-0.2, -0.15) is 0 Å². The second kappa shape index (κ2) is 7.57. The predicted molar refractivity (Wildman–Crippen MR) is 112 cm³/mol. The van der Waals surface area contributed by atoms with Crippen molar-refractivity contribution in [3.63, 3.8) is 0 Å². The number of fused-ring (bicyclic) bond motifs is 2. The van der Waals surface area contributed by atoms with Gasteiger partial charge in [-0.15, -0.1) is 0 Å². The number of pyridine rings is 1. The van der Waals surface area contributed by atoms with E-state index in [0.717, 1.165) is 30.2 Å². The van der Waals surface area contributed by atoms with Crippen LogP contribution in [0.25, 0.3) is 10.9 Å². The minimum atomic E-state index is 0.791. The molecule has 1 heterocycles. The lowest BCUT2D eigenvalue weighted by atomic mass is 10.0. The number of aryl methyl sites for hydroxylation is 2. The lowest BCUT2D eigenvalue weighted by Gasteiger charge is -2.18. The van der Waals surface area contributed by atoms with Crippen molar-refractivity contribution in [2.24, 2.45) is 0 Å². The van der Waals surface area contributed by atoms with E-state index in [9.17, 15) is 0 Å². The molecule has 0 bridgehead atoms. The molecule has 27 heavy (non-hydrogen) atoms. The van der Waals surface area contributed by atoms with Gasteiger partial charge in [-0.05, 0) is 66.3 Å². The van der Waals surface area contributed by atoms with Crippen LogP contribution in [0.2, 0.25) is 0 Å². The molecule has 0 radical (unpaired) electrons. The zero-order chi connectivity index (χ0) is 18.8. The Morgan fingerprint density at radius 1 is 1.00 bits per heavy atom. The summed E-state index contributed by atoms with van der Waals surface area (Å²) in [6.45, 7) is 1.61. The van der Waals surface area contributed by atoms with Crippen molar-refractivity contribution in [2.75, 3.05) is 26.1 Å². The van der Waals surface area contributed by atoms with Crippen LogP contribution in [0.3, 0.4) is 0 Å². The van der Waals surface area contributed by atoms with Crippen molar-refractivity contribution < 1.29 is 4.74 Å². The second-order valence-corrected chi connectivity index (χ2v) is 7.48. The number of benzene rings is 2. The van der Waals surface area contributed by atoms with Gasteiger partial charge in [0.15, 0.2) is 0 Å². The minimum absolute atomic E-state index is 0.791. The number of nitrogens with one attached hydrogen (secondary N) is 1. The van der Waals surface area contributed by atoms with Crippen LogP contribution in [0, 0.1) is 0 Å². The Bertz CT molecular complexity index is 948. The Hall–Kier alpha value is -2.59. The van der Waals surface area contributed by atoms with Gasteiger partial charge >= 0.3 is 0 Å². The fraction of sp³-hybridized carbons (Fsp3) is 0.348. The molecule has 0 atom stereocenters. The molecular weight excluding hydrogens is 334 g/mol. The van der Waals surface area contributed by atoms with E-state index in [1.807, 2.05) is 12.1 Å². The lowest BCUT2D eigenvalue weighted by Crippen LogP contribution is -2.18. The first-order valence-electron chi connectivity index (χ1n) is 9.60. The van der Waals surface area contributed by atoms with Crippen molar-refractivity contribution in [3.05, 3.63) is 64.7 Å². The molecule has 0 aliphatic heterocycles. The molecule has 1 aromatic heterocycles. The molecule has 0 amide bonds. The van der Waals surface area contributed by atoms with Crippen LogP contribution in [0.1, 0.15) is 28.7 Å². The van der Waals surface area contributed by atoms with Crippen molar-refractivity contribution >= 4 is 16.7 Å². The molecule has 4 heteroatoms. The summed E-state index contributed by atoms with van der Waals surface area (Å²) in [5.74, 6) is 1.93. The molecule has 3 aromatic rings. The van der Waals surface area contributed by atoms with Crippen LogP contribution in [0.15, 0.2) is 42.5 Å². The predicted octanol–water partition coefficient (Wildman–Crippen LogP) is 4.09. The molecule has 0 fully saturated rings. The molecule has 1 aliphatic rings. The Labute approximate surface area is 161 Å². The smallest absolute Gasteiger partial charge is 0.133 e. The largest absolute Gasteiger partial charge is 0.497 e. The Kier molecular flexibility index (Phi) is 4.99. The minimum Gasteiger partial charge on any atom is -0.497 e. The zero-order valence-corrected chi connectivity index (χ0v) is 16.4. The highest BCUT2D eigenvalue weighted by molar-refractivity contribution is 5.83. The monoisotopic (exact) mass is 361 g/mol. The molecule has 0 spiro atoms. The summed E-state index contributed by atoms with van der Waals surface area (Å²) in [5, 5.41) is 4.81. The summed E-state index contributed by atoms with van der Waals surface area (Å²) >= 11 is 0. The van der Waals surface area contributed by atoms with Gasteiger partial charge in [0.25, 0.3) is 0 Å². The summed E-state index contributed by atoms with van der Waals surface area (Å²) < 4.78 is 5.22. The van der Waals surface area contributed by atoms with Crippen LogP contribution in [-0.2, 0) is 25.9 Å². The van der Waals surface area contributed by atoms with Gasteiger partial charge in [0.1, 0.15) is 11.6 Å². The molecular formula is C23H27N3O. The van der Waals surface area contributed by atoms with Gasteiger partial charge in [0, 0.05) is 38.1 Å². The molecule has 4 nitrogen and oxygen atoms in total. The topological polar surface area (TPSA) is 37.4 Å². The van der Waals surface area contributed by atoms with Crippen molar-refractivity contribution in [3.8, 4) is 5.75 Å². The maximum absolute atomic E-state index is 5.22. The number of nitrogens with zero attached hydrogens (tertiary/aromatic N) is 2. The van der Waals surface area contributed by atoms with Crippen molar-refractivity contribution in [1.29, 1.82) is 0 Å². The van der Waals surface area contributed by atoms with E-state index >= 15 is 0 Å². The number of hydrogen-bond donors (Lipinski definition) is 1. The molecule has 2 aromatic carbocycles. The highest BCUT2D eigenvalue weighted by atomic mass is 16.5. The molecule has 0 saturated carbocycles. The number of aromatic nitrogens is 1. The van der Waals surface area contributed by atoms with Crippen molar-refractivity contribution in [1.82, 2.24) is 10.3 Å². The van der Waals surface area contributed by atoms with Crippen LogP contribution in [0.4, 0.5) is 5.82 Å². The first kappa shape index (κ1) is 17.8. The molecule has 0 saturated heterocycles. The van der Waals surface area contributed by atoms with Gasteiger partial charge in [-0.25, -0.2) is 4.98 Å². The lowest BCUT2D eigenvalue weighted by molar-refractivity contribution is 0.414. The van der Waals surface area contributed by atoms with Crippen LogP contribution in [0.5, 0.6) is 5.75 Å². The van der Waals surface area contributed by atoms with Gasteiger partial charge in [-0.3, -0.25) is 0 Å². The number of anilines is 1. The first-order chi connectivity index (χ1) is 13.1. The molecule has 0 unspecified atom stereocenters. The van der Waals surface area contributed by atoms with E-state index < -0.39 is 0 Å². The number of methoxy groups -OCH3 is 1. The van der Waals surface area contributed by atoms with Crippen molar-refractivity contribution in [2.45, 2.75) is 32.4 Å². The summed E-state index contributed by atoms with van der Waals surface area (Å²) in [6.07, 6.45) is 3.66. The summed E-state index contributed by atoms with van der Waals surface area (Å²) in [5.41, 5.74) is 6.56. The average molecular weight is 361 g/mol. The fourth-order valence-corrected chi connectivity index (χ4v) is 3.88. The van der Waals surface area contributed by atoms with E-state index in [2.05, 4.69) is 54.6 Å². The van der Waals surface area contributed by atoms with E-state index in [1.54, 1.807) is 7.11 Å².